The number of carbonyl (C=O) groups excluding carboxylic acids is 1. The van der Waals surface area contributed by atoms with Crippen LogP contribution in [-0.2, 0) is 18.4 Å². The molecule has 1 amide bonds. The Hall–Kier alpha value is -3.28. The first-order valence-electron chi connectivity index (χ1n) is 13.8. The molecular formula is C31H35FN4O. The molecular weight excluding hydrogens is 463 g/mol. The van der Waals surface area contributed by atoms with E-state index in [1.54, 1.807) is 6.20 Å². The number of piperidine rings is 1. The second-order valence-electron chi connectivity index (χ2n) is 11.2. The summed E-state index contributed by atoms with van der Waals surface area (Å²) in [4.78, 5) is 28.3. The lowest BCUT2D eigenvalue weighted by Crippen LogP contribution is -2.40. The van der Waals surface area contributed by atoms with Crippen molar-refractivity contribution >= 4 is 11.9 Å². The molecule has 6 rings (SSSR count). The molecule has 1 saturated carbocycles. The third kappa shape index (κ3) is 4.51. The number of hydrogen-bond donors (Lipinski definition) is 0. The fourth-order valence-corrected chi connectivity index (χ4v) is 6.67. The summed E-state index contributed by atoms with van der Waals surface area (Å²) in [5.41, 5.74) is 4.57. The molecule has 3 aliphatic rings. The Morgan fingerprint density at radius 3 is 2.51 bits per heavy atom. The van der Waals surface area contributed by atoms with Crippen molar-refractivity contribution in [1.29, 1.82) is 0 Å². The predicted molar refractivity (Wildman–Crippen MR) is 143 cm³/mol. The van der Waals surface area contributed by atoms with Crippen molar-refractivity contribution in [3.63, 3.8) is 0 Å². The zero-order valence-electron chi connectivity index (χ0n) is 21.6. The van der Waals surface area contributed by atoms with Gasteiger partial charge in [0.25, 0.3) is 5.91 Å². The molecule has 3 heterocycles. The van der Waals surface area contributed by atoms with Gasteiger partial charge in [0, 0.05) is 37.8 Å². The smallest absolute Gasteiger partial charge is 0.257 e. The maximum Gasteiger partial charge on any atom is 0.257 e. The van der Waals surface area contributed by atoms with Gasteiger partial charge in [-0.05, 0) is 66.8 Å². The zero-order valence-corrected chi connectivity index (χ0v) is 21.6. The fourth-order valence-electron chi connectivity index (χ4n) is 6.67. The second-order valence-corrected chi connectivity index (χ2v) is 11.2. The van der Waals surface area contributed by atoms with Crippen molar-refractivity contribution in [2.45, 2.75) is 63.8 Å². The van der Waals surface area contributed by atoms with E-state index in [1.807, 2.05) is 23.1 Å². The van der Waals surface area contributed by atoms with Gasteiger partial charge in [-0.3, -0.25) is 4.79 Å². The van der Waals surface area contributed by atoms with E-state index in [4.69, 9.17) is 9.97 Å². The number of amides is 1. The summed E-state index contributed by atoms with van der Waals surface area (Å²) in [5, 5.41) is 0. The van der Waals surface area contributed by atoms with Crippen LogP contribution in [0.2, 0.25) is 0 Å². The van der Waals surface area contributed by atoms with E-state index >= 15 is 0 Å². The first-order chi connectivity index (χ1) is 18.0. The van der Waals surface area contributed by atoms with Crippen LogP contribution in [0.1, 0.15) is 78.2 Å². The van der Waals surface area contributed by atoms with Crippen LogP contribution in [0.4, 0.5) is 10.3 Å². The summed E-state index contributed by atoms with van der Waals surface area (Å²) in [7, 11) is 0. The third-order valence-corrected chi connectivity index (χ3v) is 8.67. The standard InChI is InChI=1S/C31H35FN4O/c1-22-7-6-17-36(20-22)30-33-19-27(29(37)35-18-14-23-8-2-3-9-24(23)21-35)28(34-30)31(15-4-5-16-31)25-10-12-26(32)13-11-25/h2-3,8-13,19,22H,4-7,14-18,20-21H2,1H3. The average Bonchev–Trinajstić information content (AvgIpc) is 3.43. The lowest BCUT2D eigenvalue weighted by atomic mass is 9.74. The zero-order chi connectivity index (χ0) is 25.4. The Bertz CT molecular complexity index is 1280. The molecule has 1 atom stereocenters. The normalized spacial score (nSPS) is 21.1. The number of anilines is 1. The van der Waals surface area contributed by atoms with E-state index in [1.165, 1.54) is 29.7 Å². The van der Waals surface area contributed by atoms with Crippen molar-refractivity contribution in [2.24, 2.45) is 5.92 Å². The van der Waals surface area contributed by atoms with Crippen LogP contribution < -0.4 is 4.90 Å². The molecule has 192 valence electrons. The minimum absolute atomic E-state index is 0.00329. The molecule has 3 aromatic rings. The first kappa shape index (κ1) is 24.1. The molecule has 1 aromatic heterocycles. The van der Waals surface area contributed by atoms with E-state index in [9.17, 15) is 9.18 Å². The minimum atomic E-state index is -0.411. The molecule has 37 heavy (non-hydrogen) atoms. The average molecular weight is 499 g/mol. The Kier molecular flexibility index (Phi) is 6.43. The van der Waals surface area contributed by atoms with Crippen molar-refractivity contribution in [2.75, 3.05) is 24.5 Å². The summed E-state index contributed by atoms with van der Waals surface area (Å²) in [6.45, 7) is 5.42. The first-order valence-corrected chi connectivity index (χ1v) is 13.8. The maximum atomic E-state index is 14.1. The Labute approximate surface area is 218 Å². The topological polar surface area (TPSA) is 49.3 Å². The van der Waals surface area contributed by atoms with Crippen LogP contribution in [-0.4, -0.2) is 40.4 Å². The van der Waals surface area contributed by atoms with Crippen LogP contribution in [0.25, 0.3) is 0 Å². The van der Waals surface area contributed by atoms with Crippen molar-refractivity contribution in [3.8, 4) is 0 Å². The number of rotatable bonds is 4. The van der Waals surface area contributed by atoms with Gasteiger partial charge in [0.1, 0.15) is 5.82 Å². The fraction of sp³-hybridized carbons (Fsp3) is 0.452. The van der Waals surface area contributed by atoms with Crippen LogP contribution in [0, 0.1) is 11.7 Å². The molecule has 0 N–H and O–H groups in total. The second kappa shape index (κ2) is 9.88. The van der Waals surface area contributed by atoms with E-state index in [-0.39, 0.29) is 11.7 Å². The summed E-state index contributed by atoms with van der Waals surface area (Å²) in [6.07, 6.45) is 8.88. The minimum Gasteiger partial charge on any atom is -0.341 e. The highest BCUT2D eigenvalue weighted by atomic mass is 19.1. The van der Waals surface area contributed by atoms with E-state index in [0.717, 1.165) is 68.8 Å². The van der Waals surface area contributed by atoms with Gasteiger partial charge in [0.2, 0.25) is 5.95 Å². The number of hydrogen-bond acceptors (Lipinski definition) is 4. The van der Waals surface area contributed by atoms with Gasteiger partial charge in [-0.25, -0.2) is 14.4 Å². The highest BCUT2D eigenvalue weighted by Crippen LogP contribution is 2.47. The van der Waals surface area contributed by atoms with Gasteiger partial charge < -0.3 is 9.80 Å². The van der Waals surface area contributed by atoms with Gasteiger partial charge >= 0.3 is 0 Å². The molecule has 0 spiro atoms. The maximum absolute atomic E-state index is 14.1. The number of fused-ring (bicyclic) bond motifs is 1. The Morgan fingerprint density at radius 2 is 1.76 bits per heavy atom. The van der Waals surface area contributed by atoms with Crippen molar-refractivity contribution < 1.29 is 9.18 Å². The van der Waals surface area contributed by atoms with Crippen LogP contribution >= 0.6 is 0 Å². The van der Waals surface area contributed by atoms with Gasteiger partial charge in [-0.1, -0.05) is 56.2 Å². The lowest BCUT2D eigenvalue weighted by Gasteiger charge is -2.35. The molecule has 2 fully saturated rings. The summed E-state index contributed by atoms with van der Waals surface area (Å²) in [6, 6.07) is 15.2. The van der Waals surface area contributed by atoms with E-state index in [2.05, 4.69) is 30.0 Å². The number of benzene rings is 2. The third-order valence-electron chi connectivity index (χ3n) is 8.67. The molecule has 0 bridgehead atoms. The monoisotopic (exact) mass is 498 g/mol. The molecule has 1 aliphatic carbocycles. The van der Waals surface area contributed by atoms with Gasteiger partial charge in [0.15, 0.2) is 0 Å². The molecule has 2 aromatic carbocycles. The number of halogens is 1. The van der Waals surface area contributed by atoms with Crippen LogP contribution in [0.3, 0.4) is 0 Å². The van der Waals surface area contributed by atoms with Crippen LogP contribution in [0.15, 0.2) is 54.7 Å². The molecule has 6 heteroatoms. The lowest BCUT2D eigenvalue weighted by molar-refractivity contribution is 0.0731. The Morgan fingerprint density at radius 1 is 1.00 bits per heavy atom. The summed E-state index contributed by atoms with van der Waals surface area (Å²) >= 11 is 0. The van der Waals surface area contributed by atoms with E-state index in [0.29, 0.717) is 24.6 Å². The number of carbonyl (C=O) groups is 1. The highest BCUT2D eigenvalue weighted by molar-refractivity contribution is 5.96. The molecule has 0 radical (unpaired) electrons. The SMILES string of the molecule is CC1CCCN(c2ncc(C(=O)N3CCc4ccccc4C3)c(C3(c4ccc(F)cc4)CCCC3)n2)C1. The molecule has 1 unspecified atom stereocenters. The van der Waals surface area contributed by atoms with Gasteiger partial charge in [-0.2, -0.15) is 0 Å². The quantitative estimate of drug-likeness (QED) is 0.449. The largest absolute Gasteiger partial charge is 0.341 e. The number of aromatic nitrogens is 2. The van der Waals surface area contributed by atoms with Crippen LogP contribution in [0.5, 0.6) is 0 Å². The molecule has 5 nitrogen and oxygen atoms in total. The Balaban J connectivity index is 1.44. The molecule has 2 aliphatic heterocycles. The summed E-state index contributed by atoms with van der Waals surface area (Å²) in [5.74, 6) is 1.06. The number of nitrogens with zero attached hydrogens (tertiary/aromatic N) is 4. The van der Waals surface area contributed by atoms with Crippen molar-refractivity contribution in [3.05, 3.63) is 88.5 Å². The highest BCUT2D eigenvalue weighted by Gasteiger charge is 2.43. The van der Waals surface area contributed by atoms with Gasteiger partial charge in [0.05, 0.1) is 11.3 Å². The van der Waals surface area contributed by atoms with E-state index < -0.39 is 5.41 Å². The van der Waals surface area contributed by atoms with Gasteiger partial charge in [-0.15, -0.1) is 0 Å². The summed E-state index contributed by atoms with van der Waals surface area (Å²) < 4.78 is 13.9. The predicted octanol–water partition coefficient (Wildman–Crippen LogP) is 5.91. The molecule has 1 saturated heterocycles. The van der Waals surface area contributed by atoms with Crippen molar-refractivity contribution in [1.82, 2.24) is 14.9 Å².